The molecule has 2 aromatic carbocycles. The van der Waals surface area contributed by atoms with Gasteiger partial charge in [0.2, 0.25) is 10.0 Å². The molecule has 4 rings (SSSR count). The predicted octanol–water partition coefficient (Wildman–Crippen LogP) is 2.93. The number of halogens is 3. The molecule has 12 nitrogen and oxygen atoms in total. The van der Waals surface area contributed by atoms with Crippen LogP contribution in [0.25, 0.3) is 0 Å². The lowest BCUT2D eigenvalue weighted by molar-refractivity contribution is -0.384. The topological polar surface area (TPSA) is 133 Å². The van der Waals surface area contributed by atoms with Crippen molar-refractivity contribution in [2.75, 3.05) is 73.3 Å². The Morgan fingerprint density at radius 3 is 1.76 bits per heavy atom. The molecule has 2 heterocycles. The van der Waals surface area contributed by atoms with E-state index in [4.69, 9.17) is 0 Å². The summed E-state index contributed by atoms with van der Waals surface area (Å²) < 4.78 is 64.1. The van der Waals surface area contributed by atoms with Crippen molar-refractivity contribution in [2.24, 2.45) is 0 Å². The SMILES string of the molecule is CS(=O)(=O)N1CCN(c2ccc([N+](=O)[O-])c(N3CCN(c4ccc(C(F)(F)F)cc4[N+](=O)[O-])CC3)c2)CC1. The number of benzene rings is 2. The van der Waals surface area contributed by atoms with Gasteiger partial charge in [0.15, 0.2) is 0 Å². The first-order valence-corrected chi connectivity index (χ1v) is 13.4. The Balaban J connectivity index is 1.53. The number of hydrogen-bond acceptors (Lipinski definition) is 9. The van der Waals surface area contributed by atoms with Gasteiger partial charge in [0.1, 0.15) is 11.4 Å². The van der Waals surface area contributed by atoms with Crippen molar-refractivity contribution in [3.8, 4) is 0 Å². The van der Waals surface area contributed by atoms with E-state index in [0.29, 0.717) is 30.5 Å². The molecule has 0 aliphatic carbocycles. The van der Waals surface area contributed by atoms with E-state index in [2.05, 4.69) is 0 Å². The van der Waals surface area contributed by atoms with E-state index in [1.54, 1.807) is 21.9 Å². The summed E-state index contributed by atoms with van der Waals surface area (Å²) in [7, 11) is -3.31. The van der Waals surface area contributed by atoms with Crippen LogP contribution in [0.2, 0.25) is 0 Å². The van der Waals surface area contributed by atoms with Crippen molar-refractivity contribution in [2.45, 2.75) is 6.18 Å². The largest absolute Gasteiger partial charge is 0.416 e. The van der Waals surface area contributed by atoms with Crippen LogP contribution >= 0.6 is 0 Å². The van der Waals surface area contributed by atoms with Crippen LogP contribution in [0.5, 0.6) is 0 Å². The van der Waals surface area contributed by atoms with Crippen molar-refractivity contribution in [1.82, 2.24) is 4.31 Å². The highest BCUT2D eigenvalue weighted by Gasteiger charge is 2.35. The van der Waals surface area contributed by atoms with Crippen molar-refractivity contribution >= 4 is 38.5 Å². The fourth-order valence-corrected chi connectivity index (χ4v) is 5.52. The zero-order chi connectivity index (χ0) is 27.8. The lowest BCUT2D eigenvalue weighted by Gasteiger charge is -2.38. The molecule has 2 saturated heterocycles. The number of nitrogens with zero attached hydrogens (tertiary/aromatic N) is 6. The van der Waals surface area contributed by atoms with Crippen molar-refractivity contribution < 1.29 is 31.4 Å². The molecule has 0 aromatic heterocycles. The zero-order valence-corrected chi connectivity index (χ0v) is 21.1. The summed E-state index contributed by atoms with van der Waals surface area (Å²) >= 11 is 0. The van der Waals surface area contributed by atoms with E-state index in [0.717, 1.165) is 18.4 Å². The van der Waals surface area contributed by atoms with Crippen LogP contribution in [0.4, 0.5) is 41.6 Å². The standard InChI is InChI=1S/C22H25F3N6O6S/c1-38(36,37)29-12-10-26(11-13-29)17-3-5-19(30(32)33)20(15-17)28-8-6-27(7-9-28)18-4-2-16(22(23,24)25)14-21(18)31(34)35/h2-5,14-15H,6-13H2,1H3. The van der Waals surface area contributed by atoms with Gasteiger partial charge in [0.05, 0.1) is 21.7 Å². The molecular formula is C22H25F3N6O6S. The summed E-state index contributed by atoms with van der Waals surface area (Å²) in [6.45, 7) is 2.27. The maximum Gasteiger partial charge on any atom is 0.416 e. The Bertz CT molecular complexity index is 1340. The minimum atomic E-state index is -4.72. The van der Waals surface area contributed by atoms with E-state index in [-0.39, 0.29) is 50.6 Å². The average Bonchev–Trinajstić information content (AvgIpc) is 2.87. The van der Waals surface area contributed by atoms with Gasteiger partial charge in [-0.1, -0.05) is 0 Å². The van der Waals surface area contributed by atoms with E-state index in [1.165, 1.54) is 10.4 Å². The molecule has 206 valence electrons. The lowest BCUT2D eigenvalue weighted by atomic mass is 10.1. The molecule has 0 N–H and O–H groups in total. The molecule has 0 radical (unpaired) electrons. The number of hydrogen-bond donors (Lipinski definition) is 0. The van der Waals surface area contributed by atoms with Crippen molar-refractivity contribution in [3.05, 3.63) is 62.2 Å². The first-order valence-electron chi connectivity index (χ1n) is 11.6. The molecule has 0 atom stereocenters. The highest BCUT2D eigenvalue weighted by molar-refractivity contribution is 7.88. The van der Waals surface area contributed by atoms with Crippen LogP contribution in [0.15, 0.2) is 36.4 Å². The Hall–Kier alpha value is -3.66. The third-order valence-corrected chi connectivity index (χ3v) is 7.99. The fourth-order valence-electron chi connectivity index (χ4n) is 4.70. The second-order valence-corrected chi connectivity index (χ2v) is 11.0. The minimum absolute atomic E-state index is 0.0506. The second kappa shape index (κ2) is 10.2. The molecule has 16 heteroatoms. The Morgan fingerprint density at radius 2 is 1.26 bits per heavy atom. The maximum absolute atomic E-state index is 13.1. The predicted molar refractivity (Wildman–Crippen MR) is 134 cm³/mol. The lowest BCUT2D eigenvalue weighted by Crippen LogP contribution is -2.48. The number of nitro benzene ring substituents is 2. The van der Waals surface area contributed by atoms with Gasteiger partial charge < -0.3 is 14.7 Å². The monoisotopic (exact) mass is 558 g/mol. The smallest absolute Gasteiger partial charge is 0.369 e. The maximum atomic E-state index is 13.1. The molecule has 0 saturated carbocycles. The molecule has 2 aliphatic rings. The van der Waals surface area contributed by atoms with Gasteiger partial charge in [-0.2, -0.15) is 17.5 Å². The van der Waals surface area contributed by atoms with Crippen LogP contribution in [-0.4, -0.2) is 81.2 Å². The number of rotatable bonds is 6. The van der Waals surface area contributed by atoms with E-state index in [9.17, 15) is 41.8 Å². The quantitative estimate of drug-likeness (QED) is 0.388. The van der Waals surface area contributed by atoms with Gasteiger partial charge in [-0.25, -0.2) is 8.42 Å². The van der Waals surface area contributed by atoms with E-state index in [1.807, 2.05) is 4.90 Å². The van der Waals surface area contributed by atoms with Gasteiger partial charge in [0.25, 0.3) is 11.4 Å². The van der Waals surface area contributed by atoms with Crippen LogP contribution in [0, 0.1) is 20.2 Å². The Morgan fingerprint density at radius 1 is 0.737 bits per heavy atom. The van der Waals surface area contributed by atoms with Gasteiger partial charge in [-0.05, 0) is 24.3 Å². The normalized spacial score (nSPS) is 17.5. The van der Waals surface area contributed by atoms with E-state index < -0.39 is 37.3 Å². The van der Waals surface area contributed by atoms with Gasteiger partial charge in [-0.15, -0.1) is 0 Å². The third-order valence-electron chi connectivity index (χ3n) is 6.69. The molecule has 38 heavy (non-hydrogen) atoms. The summed E-state index contributed by atoms with van der Waals surface area (Å²) in [6, 6.07) is 7.06. The third kappa shape index (κ3) is 5.75. The Kier molecular flexibility index (Phi) is 7.38. The zero-order valence-electron chi connectivity index (χ0n) is 20.3. The fraction of sp³-hybridized carbons (Fsp3) is 0.455. The average molecular weight is 559 g/mol. The molecule has 2 aromatic rings. The molecule has 0 unspecified atom stereocenters. The molecule has 0 bridgehead atoms. The molecular weight excluding hydrogens is 533 g/mol. The van der Waals surface area contributed by atoms with Gasteiger partial charge in [-0.3, -0.25) is 20.2 Å². The van der Waals surface area contributed by atoms with Gasteiger partial charge in [0, 0.05) is 70.2 Å². The Labute approximate surface area is 216 Å². The van der Waals surface area contributed by atoms with E-state index >= 15 is 0 Å². The minimum Gasteiger partial charge on any atom is -0.369 e. The van der Waals surface area contributed by atoms with Crippen LogP contribution in [-0.2, 0) is 16.2 Å². The van der Waals surface area contributed by atoms with Crippen molar-refractivity contribution in [3.63, 3.8) is 0 Å². The molecule has 2 aliphatic heterocycles. The molecule has 0 spiro atoms. The summed E-state index contributed by atoms with van der Waals surface area (Å²) in [5, 5.41) is 23.2. The number of alkyl halides is 3. The number of piperazine rings is 2. The summed E-state index contributed by atoms with van der Waals surface area (Å²) in [4.78, 5) is 27.2. The number of nitro groups is 2. The first-order chi connectivity index (χ1) is 17.8. The highest BCUT2D eigenvalue weighted by atomic mass is 32.2. The summed E-state index contributed by atoms with van der Waals surface area (Å²) in [5.41, 5.74) is -0.808. The second-order valence-electron chi connectivity index (χ2n) is 9.01. The van der Waals surface area contributed by atoms with Gasteiger partial charge >= 0.3 is 6.18 Å². The number of sulfonamides is 1. The molecule has 2 fully saturated rings. The van der Waals surface area contributed by atoms with Crippen LogP contribution in [0.1, 0.15) is 5.56 Å². The highest BCUT2D eigenvalue weighted by Crippen LogP contribution is 2.38. The first kappa shape index (κ1) is 27.4. The molecule has 0 amide bonds. The summed E-state index contributed by atoms with van der Waals surface area (Å²) in [6.07, 6.45) is -3.57. The summed E-state index contributed by atoms with van der Waals surface area (Å²) in [5.74, 6) is 0. The van der Waals surface area contributed by atoms with Crippen LogP contribution in [0.3, 0.4) is 0 Å². The van der Waals surface area contributed by atoms with Crippen LogP contribution < -0.4 is 14.7 Å². The number of anilines is 3. The van der Waals surface area contributed by atoms with Crippen molar-refractivity contribution in [1.29, 1.82) is 0 Å².